The SMILES string of the molecule is O=C(O)NCCc1cc(-c2cccnc2F)c(S(=O)(=O)c2ncc[nH]2)s1. The predicted octanol–water partition coefficient (Wildman–Crippen LogP) is 2.32. The molecule has 0 spiro atoms. The van der Waals surface area contributed by atoms with Crippen LogP contribution in [0.5, 0.6) is 0 Å². The van der Waals surface area contributed by atoms with Crippen molar-refractivity contribution < 1.29 is 22.7 Å². The second-order valence-corrected chi connectivity index (χ2v) is 8.33. The second-order valence-electron chi connectivity index (χ2n) is 5.14. The first-order valence-electron chi connectivity index (χ1n) is 7.34. The number of nitrogens with one attached hydrogen (secondary N) is 2. The average molecular weight is 396 g/mol. The summed E-state index contributed by atoms with van der Waals surface area (Å²) in [5, 5.41) is 10.6. The molecule has 3 rings (SSSR count). The quantitative estimate of drug-likeness (QED) is 0.549. The summed E-state index contributed by atoms with van der Waals surface area (Å²) in [7, 11) is -3.99. The van der Waals surface area contributed by atoms with Crippen molar-refractivity contribution in [2.24, 2.45) is 0 Å². The van der Waals surface area contributed by atoms with E-state index in [1.54, 1.807) is 0 Å². The smallest absolute Gasteiger partial charge is 0.404 e. The molecule has 0 radical (unpaired) electrons. The Bertz CT molecular complexity index is 1030. The number of rotatable bonds is 6. The van der Waals surface area contributed by atoms with Gasteiger partial charge in [-0.05, 0) is 24.6 Å². The standard InChI is InChI=1S/C15H13FN4O4S2/c16-12-10(2-1-4-17-12)11-8-9(3-5-20-15(21)22)25-13(11)26(23,24)14-18-6-7-19-14/h1-2,4,6-8,20H,3,5H2,(H,18,19)(H,21,22). The van der Waals surface area contributed by atoms with Crippen molar-refractivity contribution >= 4 is 27.3 Å². The number of halogens is 1. The fourth-order valence-electron chi connectivity index (χ4n) is 2.30. The van der Waals surface area contributed by atoms with Crippen molar-refractivity contribution in [1.82, 2.24) is 20.3 Å². The highest BCUT2D eigenvalue weighted by Gasteiger charge is 2.28. The van der Waals surface area contributed by atoms with Gasteiger partial charge in [-0.3, -0.25) is 0 Å². The van der Waals surface area contributed by atoms with Gasteiger partial charge in [-0.1, -0.05) is 0 Å². The fraction of sp³-hybridized carbons (Fsp3) is 0.133. The highest BCUT2D eigenvalue weighted by molar-refractivity contribution is 7.93. The minimum Gasteiger partial charge on any atom is -0.465 e. The lowest BCUT2D eigenvalue weighted by molar-refractivity contribution is 0.194. The number of carbonyl (C=O) groups is 1. The lowest BCUT2D eigenvalue weighted by Gasteiger charge is -2.04. The number of nitrogens with zero attached hydrogens (tertiary/aromatic N) is 2. The Balaban J connectivity index is 2.08. The van der Waals surface area contributed by atoms with Gasteiger partial charge in [-0.25, -0.2) is 23.2 Å². The zero-order valence-electron chi connectivity index (χ0n) is 13.1. The van der Waals surface area contributed by atoms with E-state index in [2.05, 4.69) is 20.3 Å². The summed E-state index contributed by atoms with van der Waals surface area (Å²) in [4.78, 5) is 21.0. The summed E-state index contributed by atoms with van der Waals surface area (Å²) in [6.07, 6.45) is 3.04. The van der Waals surface area contributed by atoms with E-state index < -0.39 is 21.9 Å². The van der Waals surface area contributed by atoms with Gasteiger partial charge in [0.05, 0.1) is 0 Å². The van der Waals surface area contributed by atoms with E-state index in [9.17, 15) is 17.6 Å². The number of sulfone groups is 1. The maximum absolute atomic E-state index is 14.1. The van der Waals surface area contributed by atoms with Gasteiger partial charge >= 0.3 is 6.09 Å². The Morgan fingerprint density at radius 2 is 2.12 bits per heavy atom. The Kier molecular flexibility index (Phi) is 5.00. The summed E-state index contributed by atoms with van der Waals surface area (Å²) < 4.78 is 39.8. The molecule has 0 unspecified atom stereocenters. The molecule has 0 saturated heterocycles. The van der Waals surface area contributed by atoms with Gasteiger partial charge in [0.15, 0.2) is 0 Å². The topological polar surface area (TPSA) is 125 Å². The lowest BCUT2D eigenvalue weighted by Crippen LogP contribution is -2.22. The molecular formula is C15H13FN4O4S2. The van der Waals surface area contributed by atoms with E-state index in [-0.39, 0.29) is 33.5 Å². The molecule has 3 aromatic heterocycles. The van der Waals surface area contributed by atoms with E-state index in [0.29, 0.717) is 4.88 Å². The van der Waals surface area contributed by atoms with E-state index in [1.165, 1.54) is 36.8 Å². The number of amides is 1. The Morgan fingerprint density at radius 3 is 2.77 bits per heavy atom. The van der Waals surface area contributed by atoms with Crippen molar-refractivity contribution in [2.75, 3.05) is 6.54 Å². The third-order valence-corrected chi connectivity index (χ3v) is 6.76. The molecule has 11 heteroatoms. The first kappa shape index (κ1) is 18.0. The molecule has 0 bridgehead atoms. The molecule has 3 N–H and O–H groups in total. The Labute approximate surface area is 151 Å². The summed E-state index contributed by atoms with van der Waals surface area (Å²) in [5.74, 6) is -0.795. The van der Waals surface area contributed by atoms with Gasteiger partial charge in [0.25, 0.3) is 0 Å². The van der Waals surface area contributed by atoms with E-state index in [1.807, 2.05) is 0 Å². The summed E-state index contributed by atoms with van der Waals surface area (Å²) in [5.41, 5.74) is 0.216. The molecule has 0 aliphatic heterocycles. The van der Waals surface area contributed by atoms with Crippen molar-refractivity contribution in [1.29, 1.82) is 0 Å². The van der Waals surface area contributed by atoms with Crippen LogP contribution in [0.25, 0.3) is 11.1 Å². The molecule has 0 fully saturated rings. The van der Waals surface area contributed by atoms with Crippen molar-refractivity contribution in [3.05, 3.63) is 47.6 Å². The van der Waals surface area contributed by atoms with E-state index >= 15 is 0 Å². The molecular weight excluding hydrogens is 383 g/mol. The molecule has 0 aliphatic carbocycles. The number of aromatic amines is 1. The summed E-state index contributed by atoms with van der Waals surface area (Å²) >= 11 is 0.945. The molecule has 0 aliphatic rings. The van der Waals surface area contributed by atoms with Crippen molar-refractivity contribution in [2.45, 2.75) is 15.8 Å². The average Bonchev–Trinajstić information content (AvgIpc) is 3.25. The molecule has 26 heavy (non-hydrogen) atoms. The first-order chi connectivity index (χ1) is 12.4. The van der Waals surface area contributed by atoms with Crippen molar-refractivity contribution in [3.63, 3.8) is 0 Å². The Hall–Kier alpha value is -2.79. The number of H-pyrrole nitrogens is 1. The van der Waals surface area contributed by atoms with Crippen LogP contribution in [0.3, 0.4) is 0 Å². The van der Waals surface area contributed by atoms with E-state index in [4.69, 9.17) is 5.11 Å². The van der Waals surface area contributed by atoms with Crippen LogP contribution >= 0.6 is 11.3 Å². The van der Waals surface area contributed by atoms with Crippen molar-refractivity contribution in [3.8, 4) is 11.1 Å². The molecule has 3 aromatic rings. The molecule has 8 nitrogen and oxygen atoms in total. The lowest BCUT2D eigenvalue weighted by atomic mass is 10.1. The third-order valence-electron chi connectivity index (χ3n) is 3.42. The maximum Gasteiger partial charge on any atom is 0.404 e. The van der Waals surface area contributed by atoms with Crippen LogP contribution < -0.4 is 5.32 Å². The van der Waals surface area contributed by atoms with Gasteiger partial charge in [-0.2, -0.15) is 4.39 Å². The van der Waals surface area contributed by atoms with Gasteiger partial charge in [0.1, 0.15) is 4.21 Å². The first-order valence-corrected chi connectivity index (χ1v) is 9.64. The van der Waals surface area contributed by atoms with Gasteiger partial charge < -0.3 is 15.4 Å². The highest BCUT2D eigenvalue weighted by Crippen LogP contribution is 2.38. The van der Waals surface area contributed by atoms with Crippen LogP contribution in [-0.2, 0) is 16.3 Å². The van der Waals surface area contributed by atoms with Gasteiger partial charge in [0.2, 0.25) is 20.9 Å². The summed E-state index contributed by atoms with van der Waals surface area (Å²) in [6.45, 7) is 0.102. The number of imidazole rings is 1. The Morgan fingerprint density at radius 1 is 1.31 bits per heavy atom. The third kappa shape index (κ3) is 3.58. The number of carboxylic acid groups (broad SMARTS) is 1. The molecule has 1 amide bonds. The van der Waals surface area contributed by atoms with Crippen LogP contribution in [0.15, 0.2) is 46.2 Å². The number of thiophene rings is 1. The van der Waals surface area contributed by atoms with Crippen LogP contribution in [0.2, 0.25) is 0 Å². The predicted molar refractivity (Wildman–Crippen MR) is 91.3 cm³/mol. The normalized spacial score (nSPS) is 11.4. The second kappa shape index (κ2) is 7.22. The van der Waals surface area contributed by atoms with Gasteiger partial charge in [-0.15, -0.1) is 11.3 Å². The number of aromatic nitrogens is 3. The number of pyridine rings is 1. The van der Waals surface area contributed by atoms with Gasteiger partial charge in [0, 0.05) is 41.1 Å². The maximum atomic E-state index is 14.1. The van der Waals surface area contributed by atoms with E-state index in [0.717, 1.165) is 11.3 Å². The largest absolute Gasteiger partial charge is 0.465 e. The number of hydrogen-bond acceptors (Lipinski definition) is 6. The highest BCUT2D eigenvalue weighted by atomic mass is 32.2. The molecule has 3 heterocycles. The monoisotopic (exact) mass is 396 g/mol. The minimum atomic E-state index is -3.99. The number of hydrogen-bond donors (Lipinski definition) is 3. The van der Waals surface area contributed by atoms with Crippen LogP contribution in [0.4, 0.5) is 9.18 Å². The molecule has 0 saturated carbocycles. The molecule has 0 atom stereocenters. The molecule has 136 valence electrons. The summed E-state index contributed by atoms with van der Waals surface area (Å²) in [6, 6.07) is 4.47. The van der Waals surface area contributed by atoms with Crippen LogP contribution in [0, 0.1) is 5.95 Å². The minimum absolute atomic E-state index is 0.0475. The van der Waals surface area contributed by atoms with Crippen LogP contribution in [0.1, 0.15) is 4.88 Å². The zero-order chi connectivity index (χ0) is 18.7. The zero-order valence-corrected chi connectivity index (χ0v) is 14.8. The fourth-order valence-corrected chi connectivity index (χ4v) is 5.25. The molecule has 0 aromatic carbocycles. The van der Waals surface area contributed by atoms with Crippen LogP contribution in [-0.4, -0.2) is 41.1 Å².